The normalized spacial score (nSPS) is 10.3. The molecule has 2 aromatic rings. The summed E-state index contributed by atoms with van der Waals surface area (Å²) in [6.07, 6.45) is 0.376. The van der Waals surface area contributed by atoms with Gasteiger partial charge in [-0.05, 0) is 24.6 Å². The molecule has 2 rings (SSSR count). The van der Waals surface area contributed by atoms with Crippen molar-refractivity contribution in [1.82, 2.24) is 10.2 Å². The number of anilines is 2. The van der Waals surface area contributed by atoms with Crippen LogP contribution in [0.15, 0.2) is 28.6 Å². The van der Waals surface area contributed by atoms with Crippen LogP contribution >= 0.6 is 23.1 Å². The maximum atomic E-state index is 11.0. The zero-order valence-corrected chi connectivity index (χ0v) is 12.9. The van der Waals surface area contributed by atoms with Crippen LogP contribution in [0.4, 0.5) is 10.8 Å². The highest BCUT2D eigenvalue weighted by atomic mass is 32.2. The van der Waals surface area contributed by atoms with E-state index in [2.05, 4.69) is 20.3 Å². The van der Waals surface area contributed by atoms with E-state index in [4.69, 9.17) is 0 Å². The van der Waals surface area contributed by atoms with Gasteiger partial charge < -0.3 is 10.1 Å². The molecule has 1 heterocycles. The van der Waals surface area contributed by atoms with Crippen LogP contribution in [0, 0.1) is 6.92 Å². The Morgan fingerprint density at radius 1 is 1.45 bits per heavy atom. The maximum Gasteiger partial charge on any atom is 0.306 e. The van der Waals surface area contributed by atoms with E-state index in [1.165, 1.54) is 35.8 Å². The van der Waals surface area contributed by atoms with Gasteiger partial charge in [0.05, 0.1) is 13.5 Å². The standard InChI is InChI=1S/C13H15N3O2S2/c1-9-4-3-5-10(8-9)14-12-15-16-13(20-12)19-7-6-11(17)18-2/h3-5,8H,6-7H2,1-2H3,(H,14,15). The summed E-state index contributed by atoms with van der Waals surface area (Å²) in [5.41, 5.74) is 2.18. The second-order valence-electron chi connectivity index (χ2n) is 4.04. The molecule has 7 heteroatoms. The first kappa shape index (κ1) is 14.8. The number of nitrogens with one attached hydrogen (secondary N) is 1. The zero-order valence-electron chi connectivity index (χ0n) is 11.3. The number of benzene rings is 1. The van der Waals surface area contributed by atoms with Crippen molar-refractivity contribution in [1.29, 1.82) is 0 Å². The summed E-state index contributed by atoms with van der Waals surface area (Å²) in [5, 5.41) is 12.1. The highest BCUT2D eigenvalue weighted by Crippen LogP contribution is 2.28. The van der Waals surface area contributed by atoms with Crippen molar-refractivity contribution in [3.63, 3.8) is 0 Å². The van der Waals surface area contributed by atoms with Crippen molar-refractivity contribution in [3.8, 4) is 0 Å². The van der Waals surface area contributed by atoms with E-state index < -0.39 is 0 Å². The van der Waals surface area contributed by atoms with Crippen molar-refractivity contribution in [3.05, 3.63) is 29.8 Å². The molecule has 0 aliphatic heterocycles. The molecule has 0 saturated carbocycles. The van der Waals surface area contributed by atoms with E-state index >= 15 is 0 Å². The molecule has 0 radical (unpaired) electrons. The van der Waals surface area contributed by atoms with Crippen molar-refractivity contribution >= 4 is 39.9 Å². The fourth-order valence-corrected chi connectivity index (χ4v) is 3.25. The summed E-state index contributed by atoms with van der Waals surface area (Å²) in [7, 11) is 1.39. The molecule has 0 amide bonds. The van der Waals surface area contributed by atoms with Crippen LogP contribution in [-0.4, -0.2) is 29.0 Å². The van der Waals surface area contributed by atoms with Gasteiger partial charge in [-0.2, -0.15) is 0 Å². The number of nitrogens with zero attached hydrogens (tertiary/aromatic N) is 2. The smallest absolute Gasteiger partial charge is 0.306 e. The summed E-state index contributed by atoms with van der Waals surface area (Å²) in [6, 6.07) is 8.06. The fraction of sp³-hybridized carbons (Fsp3) is 0.308. The lowest BCUT2D eigenvalue weighted by Gasteiger charge is -2.01. The summed E-state index contributed by atoms with van der Waals surface area (Å²) < 4.78 is 5.42. The molecule has 20 heavy (non-hydrogen) atoms. The minimum Gasteiger partial charge on any atom is -0.469 e. The second-order valence-corrected chi connectivity index (χ2v) is 6.36. The molecule has 0 unspecified atom stereocenters. The van der Waals surface area contributed by atoms with Gasteiger partial charge in [-0.25, -0.2) is 0 Å². The molecular formula is C13H15N3O2S2. The predicted molar refractivity (Wildman–Crippen MR) is 81.7 cm³/mol. The molecule has 0 spiro atoms. The number of rotatable bonds is 6. The fourth-order valence-electron chi connectivity index (χ4n) is 1.49. The van der Waals surface area contributed by atoms with Crippen LogP contribution in [-0.2, 0) is 9.53 Å². The van der Waals surface area contributed by atoms with Crippen LogP contribution < -0.4 is 5.32 Å². The van der Waals surface area contributed by atoms with Crippen molar-refractivity contribution in [2.45, 2.75) is 17.7 Å². The molecule has 0 aliphatic rings. The van der Waals surface area contributed by atoms with Crippen molar-refractivity contribution in [2.75, 3.05) is 18.2 Å². The minimum absolute atomic E-state index is 0.208. The van der Waals surface area contributed by atoms with Crippen LogP contribution in [0.2, 0.25) is 0 Å². The number of carbonyl (C=O) groups excluding carboxylic acids is 1. The Bertz CT molecular complexity index is 587. The largest absolute Gasteiger partial charge is 0.469 e. The summed E-state index contributed by atoms with van der Waals surface area (Å²) in [4.78, 5) is 11.0. The van der Waals surface area contributed by atoms with Crippen LogP contribution in [0.5, 0.6) is 0 Å². The Hall–Kier alpha value is -1.60. The highest BCUT2D eigenvalue weighted by molar-refractivity contribution is 8.01. The number of esters is 1. The molecule has 1 aromatic carbocycles. The van der Waals surface area contributed by atoms with Crippen molar-refractivity contribution < 1.29 is 9.53 Å². The Balaban J connectivity index is 1.87. The van der Waals surface area contributed by atoms with E-state index in [0.717, 1.165) is 15.2 Å². The molecule has 1 N–H and O–H groups in total. The molecule has 5 nitrogen and oxygen atoms in total. The third kappa shape index (κ3) is 4.50. The third-order valence-corrected chi connectivity index (χ3v) is 4.41. The van der Waals surface area contributed by atoms with Gasteiger partial charge in [0.25, 0.3) is 0 Å². The van der Waals surface area contributed by atoms with E-state index in [1.54, 1.807) is 0 Å². The van der Waals surface area contributed by atoms with E-state index in [9.17, 15) is 4.79 Å². The molecule has 0 bridgehead atoms. The lowest BCUT2D eigenvalue weighted by molar-refractivity contribution is -0.140. The lowest BCUT2D eigenvalue weighted by atomic mass is 10.2. The first-order chi connectivity index (χ1) is 9.67. The number of thioether (sulfide) groups is 1. The Morgan fingerprint density at radius 2 is 2.30 bits per heavy atom. The van der Waals surface area contributed by atoms with Gasteiger partial charge in [0.15, 0.2) is 4.34 Å². The van der Waals surface area contributed by atoms with Crippen LogP contribution in [0.1, 0.15) is 12.0 Å². The number of aromatic nitrogens is 2. The van der Waals surface area contributed by atoms with E-state index in [1.807, 2.05) is 31.2 Å². The maximum absolute atomic E-state index is 11.0. The van der Waals surface area contributed by atoms with Crippen LogP contribution in [0.3, 0.4) is 0 Å². The number of methoxy groups -OCH3 is 1. The predicted octanol–water partition coefficient (Wildman–Crippen LogP) is 3.25. The molecule has 0 aliphatic carbocycles. The molecule has 0 atom stereocenters. The minimum atomic E-state index is -0.208. The second kappa shape index (κ2) is 7.25. The van der Waals surface area contributed by atoms with Gasteiger partial charge in [0.2, 0.25) is 5.13 Å². The molecule has 1 aromatic heterocycles. The monoisotopic (exact) mass is 309 g/mol. The van der Waals surface area contributed by atoms with Gasteiger partial charge in [0, 0.05) is 11.4 Å². The van der Waals surface area contributed by atoms with E-state index in [-0.39, 0.29) is 5.97 Å². The third-order valence-electron chi connectivity index (χ3n) is 2.44. The first-order valence-corrected chi connectivity index (χ1v) is 7.84. The summed E-state index contributed by atoms with van der Waals surface area (Å²) >= 11 is 2.97. The van der Waals surface area contributed by atoms with Crippen LogP contribution in [0.25, 0.3) is 0 Å². The Morgan fingerprint density at radius 3 is 3.05 bits per heavy atom. The van der Waals surface area contributed by atoms with Gasteiger partial charge >= 0.3 is 5.97 Å². The van der Waals surface area contributed by atoms with Crippen molar-refractivity contribution in [2.24, 2.45) is 0 Å². The van der Waals surface area contributed by atoms with Gasteiger partial charge in [-0.1, -0.05) is 35.2 Å². The molecule has 0 fully saturated rings. The van der Waals surface area contributed by atoms with Gasteiger partial charge in [-0.3, -0.25) is 4.79 Å². The Labute approximate surface area is 125 Å². The summed E-state index contributed by atoms with van der Waals surface area (Å²) in [6.45, 7) is 2.04. The Kier molecular flexibility index (Phi) is 5.37. The summed E-state index contributed by atoms with van der Waals surface area (Å²) in [5.74, 6) is 0.436. The highest BCUT2D eigenvalue weighted by Gasteiger charge is 2.07. The lowest BCUT2D eigenvalue weighted by Crippen LogP contribution is -2.00. The van der Waals surface area contributed by atoms with Gasteiger partial charge in [0.1, 0.15) is 0 Å². The van der Waals surface area contributed by atoms with E-state index in [0.29, 0.717) is 12.2 Å². The number of carbonyl (C=O) groups is 1. The molecule has 0 saturated heterocycles. The number of aryl methyl sites for hydroxylation is 1. The molecule has 106 valence electrons. The number of hydrogen-bond acceptors (Lipinski definition) is 7. The van der Waals surface area contributed by atoms with Gasteiger partial charge in [-0.15, -0.1) is 10.2 Å². The molecular weight excluding hydrogens is 294 g/mol. The average Bonchev–Trinajstić information content (AvgIpc) is 2.86. The first-order valence-electron chi connectivity index (χ1n) is 6.04. The number of ether oxygens (including phenoxy) is 1. The SMILES string of the molecule is COC(=O)CCSc1nnc(Nc2cccc(C)c2)s1. The quantitative estimate of drug-likeness (QED) is 0.653. The zero-order chi connectivity index (χ0) is 14.4. The number of hydrogen-bond donors (Lipinski definition) is 1. The average molecular weight is 309 g/mol. The topological polar surface area (TPSA) is 64.1 Å².